The SMILES string of the molecule is CCO/C(C)=N\OCCCCN(C)[C@@]1(n2c(-c3ccccc3)nc3c(N)ncnc32)O[C@H](CO)[C@@H](O)[C@H]1O. The molecule has 13 nitrogen and oxygen atoms in total. The minimum Gasteiger partial charge on any atom is -0.479 e. The molecule has 4 atom stereocenters. The van der Waals surface area contributed by atoms with Crippen molar-refractivity contribution in [2.45, 2.75) is 50.8 Å². The van der Waals surface area contributed by atoms with Gasteiger partial charge in [-0.25, -0.2) is 15.0 Å². The molecular formula is C25H35N7O6. The molecule has 38 heavy (non-hydrogen) atoms. The summed E-state index contributed by atoms with van der Waals surface area (Å²) in [5, 5.41) is 36.2. The van der Waals surface area contributed by atoms with Gasteiger partial charge in [0, 0.05) is 19.0 Å². The van der Waals surface area contributed by atoms with Crippen LogP contribution in [0.2, 0.25) is 0 Å². The van der Waals surface area contributed by atoms with Crippen molar-refractivity contribution in [3.63, 3.8) is 0 Å². The minimum absolute atomic E-state index is 0.163. The van der Waals surface area contributed by atoms with Crippen LogP contribution in [0.3, 0.4) is 0 Å². The molecule has 0 aliphatic carbocycles. The van der Waals surface area contributed by atoms with Gasteiger partial charge in [0.15, 0.2) is 17.0 Å². The standard InChI is InChI=1S/C25H35N7O6/c1-4-36-16(2)30-37-13-9-8-12-31(3)25(21(35)20(34)18(14-33)38-25)32-23(17-10-6-5-7-11-17)29-19-22(26)27-15-28-24(19)32/h5-7,10-11,15,18,20-21,33-35H,4,8-9,12-14H2,1-3H3,(H2,26,27,28)/b30-16-/t18-,20-,21-,25+/m1/s1. The number of nitrogen functional groups attached to an aromatic ring is 1. The van der Waals surface area contributed by atoms with E-state index in [9.17, 15) is 15.3 Å². The predicted octanol–water partition coefficient (Wildman–Crippen LogP) is 0.897. The Morgan fingerprint density at radius 1 is 1.24 bits per heavy atom. The van der Waals surface area contributed by atoms with Gasteiger partial charge < -0.3 is 35.4 Å². The Bertz CT molecular complexity index is 1240. The molecule has 5 N–H and O–H groups in total. The number of likely N-dealkylation sites (N-methyl/N-ethyl adjacent to an activating group) is 1. The van der Waals surface area contributed by atoms with Gasteiger partial charge in [0.25, 0.3) is 0 Å². The van der Waals surface area contributed by atoms with Crippen molar-refractivity contribution in [1.82, 2.24) is 24.4 Å². The van der Waals surface area contributed by atoms with Crippen LogP contribution < -0.4 is 5.73 Å². The number of rotatable bonds is 11. The van der Waals surface area contributed by atoms with Crippen molar-refractivity contribution in [3.8, 4) is 11.4 Å². The summed E-state index contributed by atoms with van der Waals surface area (Å²) in [7, 11) is 1.76. The fourth-order valence-electron chi connectivity index (χ4n) is 4.65. The van der Waals surface area contributed by atoms with E-state index >= 15 is 0 Å². The van der Waals surface area contributed by atoms with Gasteiger partial charge in [-0.05, 0) is 26.8 Å². The highest BCUT2D eigenvalue weighted by Crippen LogP contribution is 2.43. The first-order chi connectivity index (χ1) is 18.3. The van der Waals surface area contributed by atoms with Crippen LogP contribution >= 0.6 is 0 Å². The third-order valence-corrected chi connectivity index (χ3v) is 6.49. The highest BCUT2D eigenvalue weighted by Gasteiger charge is 2.59. The number of aliphatic hydroxyl groups excluding tert-OH is 3. The number of nitrogens with two attached hydrogens (primary N) is 1. The van der Waals surface area contributed by atoms with E-state index in [4.69, 9.17) is 25.0 Å². The van der Waals surface area contributed by atoms with Gasteiger partial charge >= 0.3 is 0 Å². The van der Waals surface area contributed by atoms with E-state index in [2.05, 4.69) is 15.1 Å². The summed E-state index contributed by atoms with van der Waals surface area (Å²) < 4.78 is 13.2. The van der Waals surface area contributed by atoms with E-state index in [1.807, 2.05) is 37.3 Å². The van der Waals surface area contributed by atoms with Gasteiger partial charge in [-0.1, -0.05) is 35.5 Å². The molecule has 4 rings (SSSR count). The van der Waals surface area contributed by atoms with E-state index in [-0.39, 0.29) is 5.82 Å². The molecule has 1 aliphatic heterocycles. The second-order valence-electron chi connectivity index (χ2n) is 9.01. The van der Waals surface area contributed by atoms with Gasteiger partial charge in [0.2, 0.25) is 11.7 Å². The number of fused-ring (bicyclic) bond motifs is 1. The lowest BCUT2D eigenvalue weighted by Crippen LogP contribution is -2.57. The lowest BCUT2D eigenvalue weighted by atomic mass is 10.1. The zero-order valence-electron chi connectivity index (χ0n) is 21.8. The number of hydrogen-bond acceptors (Lipinski definition) is 12. The summed E-state index contributed by atoms with van der Waals surface area (Å²) in [5.41, 5.74) is 7.51. The second kappa shape index (κ2) is 12.0. The summed E-state index contributed by atoms with van der Waals surface area (Å²) >= 11 is 0. The quantitative estimate of drug-likeness (QED) is 0.120. The molecule has 0 saturated carbocycles. The Hall–Kier alpha value is -3.36. The van der Waals surface area contributed by atoms with Gasteiger partial charge in [-0.2, -0.15) is 0 Å². The number of oxime groups is 1. The van der Waals surface area contributed by atoms with Crippen LogP contribution in [0.5, 0.6) is 0 Å². The fraction of sp³-hybridized carbons (Fsp3) is 0.520. The Morgan fingerprint density at radius 2 is 2.00 bits per heavy atom. The molecule has 2 aromatic heterocycles. The number of anilines is 1. The van der Waals surface area contributed by atoms with Crippen LogP contribution in [0, 0.1) is 0 Å². The van der Waals surface area contributed by atoms with Crippen molar-refractivity contribution >= 4 is 22.9 Å². The first-order valence-electron chi connectivity index (χ1n) is 12.5. The zero-order chi connectivity index (χ0) is 27.3. The molecule has 1 fully saturated rings. The average molecular weight is 530 g/mol. The van der Waals surface area contributed by atoms with Gasteiger partial charge in [0.1, 0.15) is 37.1 Å². The Morgan fingerprint density at radius 3 is 2.68 bits per heavy atom. The van der Waals surface area contributed by atoms with Crippen LogP contribution in [0.15, 0.2) is 41.8 Å². The number of ether oxygens (including phenoxy) is 2. The van der Waals surface area contributed by atoms with Gasteiger partial charge in [-0.15, -0.1) is 0 Å². The average Bonchev–Trinajstić information content (AvgIpc) is 3.43. The lowest BCUT2D eigenvalue weighted by Gasteiger charge is -2.42. The van der Waals surface area contributed by atoms with Crippen molar-refractivity contribution in [2.75, 3.05) is 39.1 Å². The Labute approximate surface area is 220 Å². The topological polar surface area (TPSA) is 174 Å². The van der Waals surface area contributed by atoms with Gasteiger partial charge in [-0.3, -0.25) is 9.47 Å². The van der Waals surface area contributed by atoms with E-state index < -0.39 is 30.8 Å². The maximum atomic E-state index is 11.5. The van der Waals surface area contributed by atoms with E-state index in [1.165, 1.54) is 6.33 Å². The van der Waals surface area contributed by atoms with E-state index in [0.29, 0.717) is 61.0 Å². The summed E-state index contributed by atoms with van der Waals surface area (Å²) in [4.78, 5) is 20.3. The van der Waals surface area contributed by atoms with Crippen LogP contribution in [0.4, 0.5) is 5.82 Å². The number of nitrogens with zero attached hydrogens (tertiary/aromatic N) is 6. The van der Waals surface area contributed by atoms with Crippen LogP contribution in [-0.4, -0.2) is 97.4 Å². The first-order valence-corrected chi connectivity index (χ1v) is 12.5. The summed E-state index contributed by atoms with van der Waals surface area (Å²) in [6, 6.07) is 9.31. The smallest absolute Gasteiger partial charge is 0.237 e. The van der Waals surface area contributed by atoms with Gasteiger partial charge in [0.05, 0.1) is 13.2 Å². The summed E-state index contributed by atoms with van der Waals surface area (Å²) in [6.45, 7) is 4.40. The molecule has 3 aromatic rings. The van der Waals surface area contributed by atoms with E-state index in [1.54, 1.807) is 23.4 Å². The van der Waals surface area contributed by atoms with Crippen LogP contribution in [0.25, 0.3) is 22.6 Å². The Kier molecular flexibility index (Phi) is 8.74. The third-order valence-electron chi connectivity index (χ3n) is 6.49. The fourth-order valence-corrected chi connectivity index (χ4v) is 4.65. The highest BCUT2D eigenvalue weighted by molar-refractivity contribution is 5.85. The molecule has 0 bridgehead atoms. The van der Waals surface area contributed by atoms with Crippen molar-refractivity contribution in [3.05, 3.63) is 36.7 Å². The van der Waals surface area contributed by atoms with Crippen molar-refractivity contribution in [2.24, 2.45) is 5.16 Å². The highest BCUT2D eigenvalue weighted by atomic mass is 16.6. The first kappa shape index (κ1) is 27.7. The van der Waals surface area contributed by atoms with Crippen molar-refractivity contribution < 1.29 is 29.6 Å². The summed E-state index contributed by atoms with van der Waals surface area (Å²) in [6.07, 6.45) is -1.29. The lowest BCUT2D eigenvalue weighted by molar-refractivity contribution is -0.233. The third kappa shape index (κ3) is 5.15. The van der Waals surface area contributed by atoms with E-state index in [0.717, 1.165) is 0 Å². The van der Waals surface area contributed by atoms with Crippen LogP contribution in [0.1, 0.15) is 26.7 Å². The molecule has 0 amide bonds. The molecule has 0 spiro atoms. The largest absolute Gasteiger partial charge is 0.479 e. The molecule has 0 unspecified atom stereocenters. The minimum atomic E-state index is -1.67. The normalized spacial score (nSPS) is 23.9. The summed E-state index contributed by atoms with van der Waals surface area (Å²) in [5.74, 6) is -0.640. The van der Waals surface area contributed by atoms with Crippen molar-refractivity contribution in [1.29, 1.82) is 0 Å². The zero-order valence-corrected chi connectivity index (χ0v) is 21.8. The number of unbranched alkanes of at least 4 members (excludes halogenated alkanes) is 1. The molecule has 13 heteroatoms. The maximum Gasteiger partial charge on any atom is 0.237 e. The maximum absolute atomic E-state index is 11.5. The number of hydrogen-bond donors (Lipinski definition) is 4. The molecule has 0 radical (unpaired) electrons. The molecule has 1 aromatic carbocycles. The van der Waals surface area contributed by atoms with Crippen LogP contribution in [-0.2, 0) is 20.2 Å². The second-order valence-corrected chi connectivity index (χ2v) is 9.01. The molecule has 206 valence electrons. The molecule has 1 saturated heterocycles. The monoisotopic (exact) mass is 529 g/mol. The number of benzene rings is 1. The Balaban J connectivity index is 1.72. The number of imidazole rings is 1. The number of aromatic nitrogens is 4. The molecule has 1 aliphatic rings. The molecular weight excluding hydrogens is 494 g/mol. The number of aliphatic hydroxyl groups is 3. The molecule has 3 heterocycles. The predicted molar refractivity (Wildman–Crippen MR) is 140 cm³/mol.